The number of hydrogen-bond donors (Lipinski definition) is 0. The summed E-state index contributed by atoms with van der Waals surface area (Å²) in [6.07, 6.45) is 2.60. The van der Waals surface area contributed by atoms with E-state index in [1.165, 1.54) is 18.6 Å². The maximum absolute atomic E-state index is 10.7. The van der Waals surface area contributed by atoms with E-state index in [4.69, 9.17) is 5.53 Å². The van der Waals surface area contributed by atoms with Gasteiger partial charge in [-0.25, -0.2) is 9.97 Å². The molecule has 0 aliphatic carbocycles. The minimum Gasteiger partial charge on any atom is -0.285 e. The van der Waals surface area contributed by atoms with Gasteiger partial charge in [-0.2, -0.15) is 0 Å². The summed E-state index contributed by atoms with van der Waals surface area (Å²) in [4.78, 5) is 20.2. The Morgan fingerprint density at radius 1 is 1.73 bits per heavy atom. The molecule has 1 amide bonds. The van der Waals surface area contributed by atoms with Gasteiger partial charge >= 0.3 is 0 Å². The minimum absolute atomic E-state index is 0.0952. The minimum atomic E-state index is -0.699. The summed E-state index contributed by atoms with van der Waals surface area (Å²) in [5.41, 5.74) is 7.99. The maximum Gasteiger partial charge on any atom is 0.267 e. The van der Waals surface area contributed by atoms with Crippen molar-refractivity contribution in [1.29, 1.82) is 0 Å². The summed E-state index contributed by atoms with van der Waals surface area (Å²) < 4.78 is 0. The number of aromatic nitrogens is 2. The van der Waals surface area contributed by atoms with E-state index >= 15 is 0 Å². The Balaban J connectivity index is 2.94. The van der Waals surface area contributed by atoms with Gasteiger partial charge in [-0.05, 0) is 16.7 Å². The molecule has 0 aliphatic rings. The van der Waals surface area contributed by atoms with Crippen LogP contribution in [0.5, 0.6) is 0 Å². The van der Waals surface area contributed by atoms with Gasteiger partial charge in [0.1, 0.15) is 12.0 Å². The fourth-order valence-corrected chi connectivity index (χ4v) is 0.509. The van der Waals surface area contributed by atoms with Gasteiger partial charge in [0.05, 0.1) is 0 Å². The van der Waals surface area contributed by atoms with Crippen molar-refractivity contribution in [3.63, 3.8) is 0 Å². The first kappa shape index (κ1) is 7.17. The van der Waals surface area contributed by atoms with Gasteiger partial charge in [-0.3, -0.25) is 4.79 Å². The van der Waals surface area contributed by atoms with E-state index in [1.807, 2.05) is 0 Å². The van der Waals surface area contributed by atoms with Crippen LogP contribution in [-0.2, 0) is 0 Å². The monoisotopic (exact) mass is 149 g/mol. The third-order valence-electron chi connectivity index (χ3n) is 0.937. The molecule has 0 bridgehead atoms. The lowest BCUT2D eigenvalue weighted by atomic mass is 10.4. The SMILES string of the molecule is [N-]=[N+]=NC(=O)c1ccncn1. The number of nitrogens with zero attached hydrogens (tertiary/aromatic N) is 5. The molecule has 54 valence electrons. The summed E-state index contributed by atoms with van der Waals surface area (Å²) in [5, 5.41) is 2.85. The van der Waals surface area contributed by atoms with Crippen LogP contribution in [0.1, 0.15) is 10.5 Å². The van der Waals surface area contributed by atoms with Crippen LogP contribution in [0.25, 0.3) is 10.4 Å². The molecule has 0 fully saturated rings. The van der Waals surface area contributed by atoms with Crippen molar-refractivity contribution in [3.05, 3.63) is 34.7 Å². The number of carbonyl (C=O) groups excluding carboxylic acids is 1. The molecule has 0 saturated carbocycles. The molecule has 0 atom stereocenters. The Labute approximate surface area is 61.5 Å². The summed E-state index contributed by atoms with van der Waals surface area (Å²) in [7, 11) is 0. The first-order valence-electron chi connectivity index (χ1n) is 2.70. The van der Waals surface area contributed by atoms with Crippen LogP contribution in [0.2, 0.25) is 0 Å². The molecule has 1 heterocycles. The first-order chi connectivity index (χ1) is 5.34. The molecule has 0 unspecified atom stereocenters. The fraction of sp³-hybridized carbons (Fsp3) is 0. The largest absolute Gasteiger partial charge is 0.285 e. The zero-order chi connectivity index (χ0) is 8.10. The van der Waals surface area contributed by atoms with Crippen molar-refractivity contribution in [2.24, 2.45) is 5.11 Å². The van der Waals surface area contributed by atoms with Crippen molar-refractivity contribution in [2.45, 2.75) is 0 Å². The highest BCUT2D eigenvalue weighted by molar-refractivity contribution is 5.92. The molecule has 11 heavy (non-hydrogen) atoms. The lowest BCUT2D eigenvalue weighted by molar-refractivity contribution is 0.0995. The number of rotatable bonds is 1. The van der Waals surface area contributed by atoms with E-state index in [0.717, 1.165) is 0 Å². The summed E-state index contributed by atoms with van der Waals surface area (Å²) in [5.74, 6) is -0.699. The predicted molar refractivity (Wildman–Crippen MR) is 35.5 cm³/mol. The molecular weight excluding hydrogens is 146 g/mol. The van der Waals surface area contributed by atoms with Crippen molar-refractivity contribution in [2.75, 3.05) is 0 Å². The second-order valence-corrected chi connectivity index (χ2v) is 1.59. The van der Waals surface area contributed by atoms with Gasteiger partial charge in [0.15, 0.2) is 0 Å². The molecule has 0 saturated heterocycles. The second kappa shape index (κ2) is 3.28. The van der Waals surface area contributed by atoms with Crippen LogP contribution < -0.4 is 0 Å². The highest BCUT2D eigenvalue weighted by Crippen LogP contribution is 1.93. The highest BCUT2D eigenvalue weighted by Gasteiger charge is 2.01. The number of hydrogen-bond acceptors (Lipinski definition) is 3. The fourth-order valence-electron chi connectivity index (χ4n) is 0.509. The lowest BCUT2D eigenvalue weighted by Gasteiger charge is -1.88. The molecule has 1 rings (SSSR count). The molecule has 0 radical (unpaired) electrons. The van der Waals surface area contributed by atoms with Crippen LogP contribution in [0.3, 0.4) is 0 Å². The molecule has 1 aromatic heterocycles. The molecule has 6 heteroatoms. The average Bonchev–Trinajstić information content (AvgIpc) is 2.07. The van der Waals surface area contributed by atoms with E-state index < -0.39 is 5.91 Å². The Morgan fingerprint density at radius 2 is 2.55 bits per heavy atom. The second-order valence-electron chi connectivity index (χ2n) is 1.59. The smallest absolute Gasteiger partial charge is 0.267 e. The van der Waals surface area contributed by atoms with E-state index in [-0.39, 0.29) is 5.69 Å². The summed E-state index contributed by atoms with van der Waals surface area (Å²) >= 11 is 0. The van der Waals surface area contributed by atoms with Crippen molar-refractivity contribution >= 4 is 5.91 Å². The normalized spacial score (nSPS) is 8.36. The number of carbonyl (C=O) groups is 1. The Morgan fingerprint density at radius 3 is 3.09 bits per heavy atom. The topological polar surface area (TPSA) is 91.6 Å². The van der Waals surface area contributed by atoms with Gasteiger partial charge in [0, 0.05) is 11.1 Å². The van der Waals surface area contributed by atoms with E-state index in [9.17, 15) is 4.79 Å². The van der Waals surface area contributed by atoms with Gasteiger partial charge in [0.2, 0.25) is 0 Å². The maximum atomic E-state index is 10.7. The van der Waals surface area contributed by atoms with Crippen LogP contribution in [0.15, 0.2) is 23.7 Å². The number of azide groups is 1. The quantitative estimate of drug-likeness (QED) is 0.337. The van der Waals surface area contributed by atoms with Gasteiger partial charge in [0.25, 0.3) is 5.91 Å². The van der Waals surface area contributed by atoms with Crippen LogP contribution in [-0.4, -0.2) is 15.9 Å². The van der Waals surface area contributed by atoms with Crippen molar-refractivity contribution in [3.8, 4) is 0 Å². The summed E-state index contributed by atoms with van der Waals surface area (Å²) in [6.45, 7) is 0. The molecule has 6 nitrogen and oxygen atoms in total. The molecule has 0 aromatic carbocycles. The van der Waals surface area contributed by atoms with E-state index in [1.54, 1.807) is 0 Å². The Kier molecular flexibility index (Phi) is 2.14. The van der Waals surface area contributed by atoms with Crippen LogP contribution in [0, 0.1) is 0 Å². The molecule has 0 spiro atoms. The van der Waals surface area contributed by atoms with Crippen LogP contribution >= 0.6 is 0 Å². The first-order valence-corrected chi connectivity index (χ1v) is 2.70. The number of amides is 1. The van der Waals surface area contributed by atoms with Gasteiger partial charge in [-0.15, -0.1) is 0 Å². The Bertz CT molecular complexity index is 302. The zero-order valence-electron chi connectivity index (χ0n) is 5.38. The molecular formula is C5H3N5O. The van der Waals surface area contributed by atoms with E-state index in [0.29, 0.717) is 0 Å². The average molecular weight is 149 g/mol. The molecule has 1 aromatic rings. The van der Waals surface area contributed by atoms with Crippen LogP contribution in [0.4, 0.5) is 0 Å². The van der Waals surface area contributed by atoms with Crippen molar-refractivity contribution < 1.29 is 4.79 Å². The standard InChI is InChI=1S/C5H3N5O/c6-10-9-5(11)4-1-2-7-3-8-4/h1-3H. The summed E-state index contributed by atoms with van der Waals surface area (Å²) in [6, 6.07) is 1.37. The van der Waals surface area contributed by atoms with Crippen molar-refractivity contribution in [1.82, 2.24) is 9.97 Å². The third-order valence-corrected chi connectivity index (χ3v) is 0.937. The zero-order valence-corrected chi connectivity index (χ0v) is 5.38. The molecule has 0 N–H and O–H groups in total. The molecule has 0 aliphatic heterocycles. The Hall–Kier alpha value is -1.94. The lowest BCUT2D eigenvalue weighted by Crippen LogP contribution is -1.96. The third kappa shape index (κ3) is 1.74. The highest BCUT2D eigenvalue weighted by atomic mass is 16.1. The van der Waals surface area contributed by atoms with Gasteiger partial charge in [-0.1, -0.05) is 0 Å². The van der Waals surface area contributed by atoms with E-state index in [2.05, 4.69) is 20.0 Å². The van der Waals surface area contributed by atoms with Gasteiger partial charge < -0.3 is 0 Å². The predicted octanol–water partition coefficient (Wildman–Crippen LogP) is 0.927.